The SMILES string of the molecule is COc1ccc(CC(=O)Nc2nc(C)cs2)c(OC)c1. The molecule has 2 rings (SSSR count). The summed E-state index contributed by atoms with van der Waals surface area (Å²) in [5.74, 6) is 1.21. The second-order valence-corrected chi connectivity index (χ2v) is 5.05. The van der Waals surface area contributed by atoms with Crippen LogP contribution in [0, 0.1) is 6.92 Å². The van der Waals surface area contributed by atoms with Crippen LogP contribution in [-0.4, -0.2) is 25.1 Å². The van der Waals surface area contributed by atoms with Gasteiger partial charge in [0.1, 0.15) is 11.5 Å². The molecule has 2 aromatic rings. The smallest absolute Gasteiger partial charge is 0.230 e. The Labute approximate surface area is 121 Å². The van der Waals surface area contributed by atoms with Crippen LogP contribution in [0.3, 0.4) is 0 Å². The number of carbonyl (C=O) groups is 1. The van der Waals surface area contributed by atoms with Gasteiger partial charge in [-0.15, -0.1) is 11.3 Å². The van der Waals surface area contributed by atoms with Gasteiger partial charge in [-0.05, 0) is 13.0 Å². The molecule has 0 saturated carbocycles. The average Bonchev–Trinajstić information content (AvgIpc) is 2.84. The van der Waals surface area contributed by atoms with Gasteiger partial charge in [0.2, 0.25) is 5.91 Å². The zero-order chi connectivity index (χ0) is 14.5. The molecule has 20 heavy (non-hydrogen) atoms. The van der Waals surface area contributed by atoms with Crippen LogP contribution in [0.4, 0.5) is 5.13 Å². The maximum atomic E-state index is 12.0. The molecular formula is C14H16N2O3S. The molecule has 0 aliphatic heterocycles. The van der Waals surface area contributed by atoms with Crippen molar-refractivity contribution >= 4 is 22.4 Å². The van der Waals surface area contributed by atoms with Crippen molar-refractivity contribution < 1.29 is 14.3 Å². The van der Waals surface area contributed by atoms with E-state index >= 15 is 0 Å². The van der Waals surface area contributed by atoms with Crippen LogP contribution in [0.1, 0.15) is 11.3 Å². The quantitative estimate of drug-likeness (QED) is 0.920. The van der Waals surface area contributed by atoms with Crippen molar-refractivity contribution in [3.05, 3.63) is 34.8 Å². The highest BCUT2D eigenvalue weighted by Gasteiger charge is 2.11. The largest absolute Gasteiger partial charge is 0.497 e. The fraction of sp³-hybridized carbons (Fsp3) is 0.286. The normalized spacial score (nSPS) is 10.2. The summed E-state index contributed by atoms with van der Waals surface area (Å²) in [6.07, 6.45) is 0.228. The van der Waals surface area contributed by atoms with E-state index in [1.165, 1.54) is 11.3 Å². The third kappa shape index (κ3) is 3.48. The molecule has 0 aliphatic rings. The average molecular weight is 292 g/mol. The van der Waals surface area contributed by atoms with E-state index in [0.29, 0.717) is 16.6 Å². The molecule has 0 spiro atoms. The van der Waals surface area contributed by atoms with Gasteiger partial charge in [-0.25, -0.2) is 4.98 Å². The first-order chi connectivity index (χ1) is 9.62. The van der Waals surface area contributed by atoms with Crippen LogP contribution < -0.4 is 14.8 Å². The number of nitrogens with one attached hydrogen (secondary N) is 1. The molecular weight excluding hydrogens is 276 g/mol. The lowest BCUT2D eigenvalue weighted by molar-refractivity contribution is -0.115. The topological polar surface area (TPSA) is 60.5 Å². The molecule has 0 atom stereocenters. The predicted molar refractivity (Wildman–Crippen MR) is 78.7 cm³/mol. The first-order valence-electron chi connectivity index (χ1n) is 6.05. The summed E-state index contributed by atoms with van der Waals surface area (Å²) in [4.78, 5) is 16.2. The van der Waals surface area contributed by atoms with E-state index < -0.39 is 0 Å². The molecule has 0 unspecified atom stereocenters. The van der Waals surface area contributed by atoms with E-state index in [1.807, 2.05) is 18.4 Å². The minimum atomic E-state index is -0.122. The molecule has 6 heteroatoms. The molecule has 1 N–H and O–H groups in total. The van der Waals surface area contributed by atoms with E-state index in [0.717, 1.165) is 11.3 Å². The Bertz CT molecular complexity index is 610. The summed E-state index contributed by atoms with van der Waals surface area (Å²) in [5, 5.41) is 5.28. The summed E-state index contributed by atoms with van der Waals surface area (Å²) >= 11 is 1.41. The van der Waals surface area contributed by atoms with Gasteiger partial charge in [-0.2, -0.15) is 0 Å². The second-order valence-electron chi connectivity index (χ2n) is 4.20. The number of amides is 1. The first kappa shape index (κ1) is 14.3. The summed E-state index contributed by atoms with van der Waals surface area (Å²) in [7, 11) is 3.16. The van der Waals surface area contributed by atoms with Gasteiger partial charge in [0.25, 0.3) is 0 Å². The van der Waals surface area contributed by atoms with Gasteiger partial charge >= 0.3 is 0 Å². The zero-order valence-corrected chi connectivity index (χ0v) is 12.4. The first-order valence-corrected chi connectivity index (χ1v) is 6.93. The lowest BCUT2D eigenvalue weighted by atomic mass is 10.1. The van der Waals surface area contributed by atoms with Crippen LogP contribution in [-0.2, 0) is 11.2 Å². The van der Waals surface area contributed by atoms with Crippen LogP contribution in [0.15, 0.2) is 23.6 Å². The van der Waals surface area contributed by atoms with Crippen molar-refractivity contribution in [2.75, 3.05) is 19.5 Å². The van der Waals surface area contributed by atoms with E-state index in [-0.39, 0.29) is 12.3 Å². The van der Waals surface area contributed by atoms with Crippen LogP contribution >= 0.6 is 11.3 Å². The Morgan fingerprint density at radius 3 is 2.75 bits per heavy atom. The van der Waals surface area contributed by atoms with Crippen molar-refractivity contribution in [3.63, 3.8) is 0 Å². The van der Waals surface area contributed by atoms with Crippen LogP contribution in [0.2, 0.25) is 0 Å². The van der Waals surface area contributed by atoms with Crippen molar-refractivity contribution in [3.8, 4) is 11.5 Å². The van der Waals surface area contributed by atoms with Gasteiger partial charge in [0.15, 0.2) is 5.13 Å². The molecule has 1 aromatic heterocycles. The highest BCUT2D eigenvalue weighted by atomic mass is 32.1. The van der Waals surface area contributed by atoms with E-state index in [9.17, 15) is 4.79 Å². The van der Waals surface area contributed by atoms with E-state index in [1.54, 1.807) is 26.4 Å². The molecule has 0 bridgehead atoms. The Morgan fingerprint density at radius 1 is 1.35 bits per heavy atom. The molecule has 5 nitrogen and oxygen atoms in total. The number of carbonyl (C=O) groups excluding carboxylic acids is 1. The Kier molecular flexibility index (Phi) is 4.57. The fourth-order valence-corrected chi connectivity index (χ4v) is 2.45. The number of methoxy groups -OCH3 is 2. The van der Waals surface area contributed by atoms with Gasteiger partial charge < -0.3 is 14.8 Å². The van der Waals surface area contributed by atoms with E-state index in [4.69, 9.17) is 9.47 Å². The third-order valence-electron chi connectivity index (χ3n) is 2.71. The number of nitrogens with zero attached hydrogens (tertiary/aromatic N) is 1. The van der Waals surface area contributed by atoms with Crippen molar-refractivity contribution in [2.24, 2.45) is 0 Å². The highest BCUT2D eigenvalue weighted by Crippen LogP contribution is 2.25. The van der Waals surface area contributed by atoms with Gasteiger partial charge in [0.05, 0.1) is 26.3 Å². The lowest BCUT2D eigenvalue weighted by Gasteiger charge is -2.10. The van der Waals surface area contributed by atoms with E-state index in [2.05, 4.69) is 10.3 Å². The van der Waals surface area contributed by atoms with Crippen LogP contribution in [0.25, 0.3) is 0 Å². The summed E-state index contributed by atoms with van der Waals surface area (Å²) in [6.45, 7) is 1.89. The second kappa shape index (κ2) is 6.38. The number of hydrogen-bond donors (Lipinski definition) is 1. The molecule has 0 radical (unpaired) electrons. The monoisotopic (exact) mass is 292 g/mol. The Balaban J connectivity index is 2.07. The number of hydrogen-bond acceptors (Lipinski definition) is 5. The van der Waals surface area contributed by atoms with Gasteiger partial charge in [-0.3, -0.25) is 4.79 Å². The molecule has 0 fully saturated rings. The number of aromatic nitrogens is 1. The van der Waals surface area contributed by atoms with Gasteiger partial charge in [0, 0.05) is 17.0 Å². The predicted octanol–water partition coefficient (Wildman–Crippen LogP) is 2.65. The Morgan fingerprint density at radius 2 is 2.15 bits per heavy atom. The van der Waals surface area contributed by atoms with Crippen LogP contribution in [0.5, 0.6) is 11.5 Å². The number of benzene rings is 1. The zero-order valence-electron chi connectivity index (χ0n) is 11.6. The minimum absolute atomic E-state index is 0.122. The van der Waals surface area contributed by atoms with Crippen molar-refractivity contribution in [1.82, 2.24) is 4.98 Å². The standard InChI is InChI=1S/C14H16N2O3S/c1-9-8-20-14(15-9)16-13(17)6-10-4-5-11(18-2)7-12(10)19-3/h4-5,7-8H,6H2,1-3H3,(H,15,16,17). The summed E-state index contributed by atoms with van der Waals surface area (Å²) < 4.78 is 10.4. The maximum Gasteiger partial charge on any atom is 0.230 e. The lowest BCUT2D eigenvalue weighted by Crippen LogP contribution is -2.14. The minimum Gasteiger partial charge on any atom is -0.497 e. The fourth-order valence-electron chi connectivity index (χ4n) is 1.75. The van der Waals surface area contributed by atoms with Gasteiger partial charge in [-0.1, -0.05) is 6.07 Å². The summed E-state index contributed by atoms with van der Waals surface area (Å²) in [6, 6.07) is 5.39. The number of ether oxygens (including phenoxy) is 2. The van der Waals surface area contributed by atoms with Crippen molar-refractivity contribution in [1.29, 1.82) is 0 Å². The number of anilines is 1. The molecule has 1 amide bonds. The summed E-state index contributed by atoms with van der Waals surface area (Å²) in [5.41, 5.74) is 1.70. The number of rotatable bonds is 5. The number of aryl methyl sites for hydroxylation is 1. The molecule has 106 valence electrons. The number of thiazole rings is 1. The Hall–Kier alpha value is -2.08. The third-order valence-corrected chi connectivity index (χ3v) is 3.59. The molecule has 1 aromatic carbocycles. The maximum absolute atomic E-state index is 12.0. The highest BCUT2D eigenvalue weighted by molar-refractivity contribution is 7.13. The van der Waals surface area contributed by atoms with Crippen molar-refractivity contribution in [2.45, 2.75) is 13.3 Å². The molecule has 0 saturated heterocycles. The molecule has 0 aliphatic carbocycles. The molecule has 1 heterocycles.